The topological polar surface area (TPSA) is 58.6 Å². The van der Waals surface area contributed by atoms with Crippen molar-refractivity contribution in [2.45, 2.75) is 6.92 Å². The van der Waals surface area contributed by atoms with Crippen molar-refractivity contribution in [3.05, 3.63) is 52.5 Å². The lowest BCUT2D eigenvalue weighted by Crippen LogP contribution is -2.35. The van der Waals surface area contributed by atoms with Crippen LogP contribution in [0.2, 0.25) is 5.02 Å². The van der Waals surface area contributed by atoms with Gasteiger partial charge in [0.05, 0.1) is 5.69 Å². The Morgan fingerprint density at radius 3 is 2.78 bits per heavy atom. The highest BCUT2D eigenvalue weighted by atomic mass is 35.5. The minimum atomic E-state index is -0.260. The third-order valence-corrected chi connectivity index (χ3v) is 3.98. The fourth-order valence-electron chi connectivity index (χ4n) is 2.38. The van der Waals surface area contributed by atoms with Gasteiger partial charge in [0.15, 0.2) is 6.61 Å². The van der Waals surface area contributed by atoms with Crippen LogP contribution >= 0.6 is 11.6 Å². The standard InChI is InChI=1S/C17H15ClN2O3/c1-10-7-12(18)4-5-13(10)19-17(22)11-3-6-15-14(8-11)20(2)16(21)9-23-15/h3-8H,9H2,1-2H3,(H,19,22). The number of ether oxygens (including phenoxy) is 1. The summed E-state index contributed by atoms with van der Waals surface area (Å²) in [5, 5.41) is 3.46. The van der Waals surface area contributed by atoms with Crippen molar-refractivity contribution in [3.63, 3.8) is 0 Å². The van der Waals surface area contributed by atoms with E-state index in [0.29, 0.717) is 27.7 Å². The Labute approximate surface area is 138 Å². The molecule has 0 saturated carbocycles. The number of amides is 2. The Bertz CT molecular complexity index is 804. The molecule has 23 heavy (non-hydrogen) atoms. The second kappa shape index (κ2) is 5.93. The summed E-state index contributed by atoms with van der Waals surface area (Å²) < 4.78 is 5.35. The molecule has 1 aliphatic heterocycles. The van der Waals surface area contributed by atoms with Gasteiger partial charge in [-0.1, -0.05) is 11.6 Å². The Balaban J connectivity index is 1.87. The van der Waals surface area contributed by atoms with Gasteiger partial charge in [-0.15, -0.1) is 0 Å². The molecule has 118 valence electrons. The Hall–Kier alpha value is -2.53. The van der Waals surface area contributed by atoms with Gasteiger partial charge in [-0.25, -0.2) is 0 Å². The van der Waals surface area contributed by atoms with E-state index in [4.69, 9.17) is 16.3 Å². The number of aryl methyl sites for hydroxylation is 1. The van der Waals surface area contributed by atoms with Crippen LogP contribution in [0.1, 0.15) is 15.9 Å². The number of hydrogen-bond donors (Lipinski definition) is 1. The predicted molar refractivity (Wildman–Crippen MR) is 89.5 cm³/mol. The molecule has 0 fully saturated rings. The number of carbonyl (C=O) groups excluding carboxylic acids is 2. The first kappa shape index (κ1) is 15.4. The van der Waals surface area contributed by atoms with E-state index in [-0.39, 0.29) is 18.4 Å². The van der Waals surface area contributed by atoms with Gasteiger partial charge in [0, 0.05) is 23.3 Å². The molecule has 0 atom stereocenters. The van der Waals surface area contributed by atoms with Gasteiger partial charge in [-0.05, 0) is 48.9 Å². The largest absolute Gasteiger partial charge is 0.482 e. The lowest BCUT2D eigenvalue weighted by molar-refractivity contribution is -0.120. The Morgan fingerprint density at radius 2 is 2.04 bits per heavy atom. The van der Waals surface area contributed by atoms with Crippen molar-refractivity contribution in [2.24, 2.45) is 0 Å². The van der Waals surface area contributed by atoms with Gasteiger partial charge in [0.25, 0.3) is 11.8 Å². The van der Waals surface area contributed by atoms with Crippen molar-refractivity contribution in [1.82, 2.24) is 0 Å². The van der Waals surface area contributed by atoms with Crippen LogP contribution in [-0.2, 0) is 4.79 Å². The molecule has 0 saturated heterocycles. The van der Waals surface area contributed by atoms with Crippen LogP contribution in [-0.4, -0.2) is 25.5 Å². The summed E-state index contributed by atoms with van der Waals surface area (Å²) in [6.07, 6.45) is 0. The lowest BCUT2D eigenvalue weighted by atomic mass is 10.1. The fourth-order valence-corrected chi connectivity index (χ4v) is 2.60. The van der Waals surface area contributed by atoms with Crippen LogP contribution in [0.25, 0.3) is 0 Å². The summed E-state index contributed by atoms with van der Waals surface area (Å²) in [5.74, 6) is 0.180. The smallest absolute Gasteiger partial charge is 0.264 e. The molecular formula is C17H15ClN2O3. The number of carbonyl (C=O) groups is 2. The Kier molecular flexibility index (Phi) is 3.96. The molecular weight excluding hydrogens is 316 g/mol. The second-order valence-electron chi connectivity index (χ2n) is 5.34. The van der Waals surface area contributed by atoms with Crippen LogP contribution in [0.15, 0.2) is 36.4 Å². The molecule has 0 radical (unpaired) electrons. The molecule has 3 rings (SSSR count). The van der Waals surface area contributed by atoms with Crippen molar-refractivity contribution in [2.75, 3.05) is 23.9 Å². The highest BCUT2D eigenvalue weighted by Crippen LogP contribution is 2.32. The van der Waals surface area contributed by atoms with Crippen LogP contribution in [0.5, 0.6) is 5.75 Å². The molecule has 2 aromatic carbocycles. The molecule has 6 heteroatoms. The van der Waals surface area contributed by atoms with E-state index in [1.54, 1.807) is 43.4 Å². The van der Waals surface area contributed by atoms with E-state index < -0.39 is 0 Å². The molecule has 0 unspecified atom stereocenters. The predicted octanol–water partition coefficient (Wildman–Crippen LogP) is 3.26. The summed E-state index contributed by atoms with van der Waals surface area (Å²) >= 11 is 5.92. The highest BCUT2D eigenvalue weighted by molar-refractivity contribution is 6.30. The summed E-state index contributed by atoms with van der Waals surface area (Å²) in [4.78, 5) is 25.6. The quantitative estimate of drug-likeness (QED) is 0.919. The number of benzene rings is 2. The van der Waals surface area contributed by atoms with E-state index in [1.807, 2.05) is 6.92 Å². The second-order valence-corrected chi connectivity index (χ2v) is 5.77. The van der Waals surface area contributed by atoms with Gasteiger partial charge < -0.3 is 15.0 Å². The molecule has 0 aromatic heterocycles. The van der Waals surface area contributed by atoms with Gasteiger partial charge in [0.1, 0.15) is 5.75 Å². The molecule has 2 aromatic rings. The maximum Gasteiger partial charge on any atom is 0.264 e. The van der Waals surface area contributed by atoms with Crippen LogP contribution in [0.4, 0.5) is 11.4 Å². The first-order valence-corrected chi connectivity index (χ1v) is 7.44. The highest BCUT2D eigenvalue weighted by Gasteiger charge is 2.23. The van der Waals surface area contributed by atoms with Gasteiger partial charge in [-0.3, -0.25) is 9.59 Å². The molecule has 0 aliphatic carbocycles. The first-order chi connectivity index (χ1) is 11.0. The van der Waals surface area contributed by atoms with E-state index in [2.05, 4.69) is 5.32 Å². The summed E-state index contributed by atoms with van der Waals surface area (Å²) in [5.41, 5.74) is 2.60. The SMILES string of the molecule is Cc1cc(Cl)ccc1NC(=O)c1ccc2c(c1)N(C)C(=O)CO2. The van der Waals surface area contributed by atoms with Gasteiger partial charge >= 0.3 is 0 Å². The number of halogens is 1. The van der Waals surface area contributed by atoms with Crippen molar-refractivity contribution in [3.8, 4) is 5.75 Å². The van der Waals surface area contributed by atoms with Crippen molar-refractivity contribution >= 4 is 34.8 Å². The molecule has 5 nitrogen and oxygen atoms in total. The molecule has 1 N–H and O–H groups in total. The van der Waals surface area contributed by atoms with Crippen LogP contribution in [0, 0.1) is 6.92 Å². The van der Waals surface area contributed by atoms with E-state index in [9.17, 15) is 9.59 Å². The zero-order chi connectivity index (χ0) is 16.6. The molecule has 0 spiro atoms. The van der Waals surface area contributed by atoms with E-state index in [1.165, 1.54) is 4.90 Å². The number of nitrogens with zero attached hydrogens (tertiary/aromatic N) is 1. The van der Waals surface area contributed by atoms with E-state index in [0.717, 1.165) is 5.56 Å². The third kappa shape index (κ3) is 3.00. The summed E-state index contributed by atoms with van der Waals surface area (Å²) in [7, 11) is 1.66. The fraction of sp³-hybridized carbons (Fsp3) is 0.176. The molecule has 1 heterocycles. The summed E-state index contributed by atoms with van der Waals surface area (Å²) in [6, 6.07) is 10.3. The number of anilines is 2. The maximum absolute atomic E-state index is 12.4. The minimum absolute atomic E-state index is 0.0129. The monoisotopic (exact) mass is 330 g/mol. The summed E-state index contributed by atoms with van der Waals surface area (Å²) in [6.45, 7) is 1.88. The van der Waals surface area contributed by atoms with Gasteiger partial charge in [-0.2, -0.15) is 0 Å². The average Bonchev–Trinajstić information content (AvgIpc) is 2.53. The van der Waals surface area contributed by atoms with E-state index >= 15 is 0 Å². The maximum atomic E-state index is 12.4. The normalized spacial score (nSPS) is 13.3. The van der Waals surface area contributed by atoms with Gasteiger partial charge in [0.2, 0.25) is 0 Å². The van der Waals surface area contributed by atoms with Crippen molar-refractivity contribution in [1.29, 1.82) is 0 Å². The number of likely N-dealkylation sites (N-methyl/N-ethyl adjacent to an activating group) is 1. The zero-order valence-electron chi connectivity index (χ0n) is 12.7. The van der Waals surface area contributed by atoms with Crippen LogP contribution in [0.3, 0.4) is 0 Å². The third-order valence-electron chi connectivity index (χ3n) is 3.74. The average molecular weight is 331 g/mol. The number of hydrogen-bond acceptors (Lipinski definition) is 3. The Morgan fingerprint density at radius 1 is 1.26 bits per heavy atom. The number of nitrogens with one attached hydrogen (secondary N) is 1. The number of fused-ring (bicyclic) bond motifs is 1. The van der Waals surface area contributed by atoms with Crippen molar-refractivity contribution < 1.29 is 14.3 Å². The minimum Gasteiger partial charge on any atom is -0.482 e. The zero-order valence-corrected chi connectivity index (χ0v) is 13.5. The lowest BCUT2D eigenvalue weighted by Gasteiger charge is -2.26. The molecule has 2 amide bonds. The van der Waals surface area contributed by atoms with Crippen LogP contribution < -0.4 is 15.0 Å². The molecule has 1 aliphatic rings. The first-order valence-electron chi connectivity index (χ1n) is 7.06. The molecule has 0 bridgehead atoms. The number of rotatable bonds is 2.